The minimum atomic E-state index is -1.04. The predicted octanol–water partition coefficient (Wildman–Crippen LogP) is -0.439. The summed E-state index contributed by atoms with van der Waals surface area (Å²) in [6.45, 7) is 3.50. The first-order valence-corrected chi connectivity index (χ1v) is 4.26. The number of nitrogens with one attached hydrogen (secondary N) is 1. The molecule has 0 aliphatic rings. The van der Waals surface area contributed by atoms with Crippen molar-refractivity contribution in [1.82, 2.24) is 5.32 Å². The SMILES string of the molecule is CCC(CN)C(=O)NC(C)C(=O)O. The molecule has 0 aromatic carbocycles. The first-order chi connectivity index (χ1) is 6.02. The normalized spacial score (nSPS) is 14.7. The minimum absolute atomic E-state index is 0.245. The van der Waals surface area contributed by atoms with Gasteiger partial charge >= 0.3 is 5.97 Å². The third-order valence-electron chi connectivity index (χ3n) is 1.88. The lowest BCUT2D eigenvalue weighted by atomic mass is 10.1. The molecule has 0 aliphatic carbocycles. The van der Waals surface area contributed by atoms with Gasteiger partial charge in [-0.1, -0.05) is 6.92 Å². The van der Waals surface area contributed by atoms with Crippen LogP contribution in [0.3, 0.4) is 0 Å². The number of amides is 1. The Bertz CT molecular complexity index is 190. The molecule has 0 rings (SSSR count). The van der Waals surface area contributed by atoms with E-state index in [0.29, 0.717) is 6.42 Å². The van der Waals surface area contributed by atoms with Gasteiger partial charge in [0, 0.05) is 12.5 Å². The Labute approximate surface area is 77.3 Å². The van der Waals surface area contributed by atoms with Gasteiger partial charge in [-0.05, 0) is 13.3 Å². The molecule has 76 valence electrons. The van der Waals surface area contributed by atoms with E-state index in [1.807, 2.05) is 6.92 Å². The molecule has 1 amide bonds. The first kappa shape index (κ1) is 11.9. The summed E-state index contributed by atoms with van der Waals surface area (Å²) in [4.78, 5) is 21.7. The van der Waals surface area contributed by atoms with Crippen molar-refractivity contribution in [3.05, 3.63) is 0 Å². The monoisotopic (exact) mass is 188 g/mol. The molecule has 0 aliphatic heterocycles. The molecule has 0 heterocycles. The van der Waals surface area contributed by atoms with Gasteiger partial charge in [0.05, 0.1) is 0 Å². The zero-order valence-electron chi connectivity index (χ0n) is 7.91. The molecule has 13 heavy (non-hydrogen) atoms. The fourth-order valence-electron chi connectivity index (χ4n) is 0.852. The lowest BCUT2D eigenvalue weighted by Crippen LogP contribution is -2.43. The average molecular weight is 188 g/mol. The summed E-state index contributed by atoms with van der Waals surface area (Å²) in [6, 6.07) is -0.854. The summed E-state index contributed by atoms with van der Waals surface area (Å²) in [6.07, 6.45) is 0.620. The van der Waals surface area contributed by atoms with Crippen molar-refractivity contribution < 1.29 is 14.7 Å². The van der Waals surface area contributed by atoms with Crippen molar-refractivity contribution in [2.45, 2.75) is 26.3 Å². The second-order valence-corrected chi connectivity index (χ2v) is 2.91. The van der Waals surface area contributed by atoms with Crippen molar-refractivity contribution in [3.63, 3.8) is 0 Å². The maximum atomic E-state index is 11.3. The fraction of sp³-hybridized carbons (Fsp3) is 0.750. The topological polar surface area (TPSA) is 92.4 Å². The van der Waals surface area contributed by atoms with E-state index in [4.69, 9.17) is 10.8 Å². The summed E-state index contributed by atoms with van der Waals surface area (Å²) < 4.78 is 0. The molecule has 0 aromatic rings. The van der Waals surface area contributed by atoms with Gasteiger partial charge in [-0.3, -0.25) is 9.59 Å². The quantitative estimate of drug-likeness (QED) is 0.545. The molecule has 2 unspecified atom stereocenters. The van der Waals surface area contributed by atoms with Gasteiger partial charge in [-0.2, -0.15) is 0 Å². The summed E-state index contributed by atoms with van der Waals surface area (Å²) in [5.74, 6) is -1.62. The van der Waals surface area contributed by atoms with Gasteiger partial charge in [-0.25, -0.2) is 0 Å². The van der Waals surface area contributed by atoms with E-state index in [-0.39, 0.29) is 18.4 Å². The molecular formula is C8H16N2O3. The van der Waals surface area contributed by atoms with Crippen molar-refractivity contribution in [2.75, 3.05) is 6.54 Å². The van der Waals surface area contributed by atoms with Crippen LogP contribution >= 0.6 is 0 Å². The van der Waals surface area contributed by atoms with Gasteiger partial charge in [-0.15, -0.1) is 0 Å². The predicted molar refractivity (Wildman–Crippen MR) is 48.1 cm³/mol. The number of rotatable bonds is 5. The molecular weight excluding hydrogens is 172 g/mol. The maximum absolute atomic E-state index is 11.3. The Morgan fingerprint density at radius 3 is 2.38 bits per heavy atom. The number of hydrogen-bond donors (Lipinski definition) is 3. The van der Waals surface area contributed by atoms with Crippen LogP contribution < -0.4 is 11.1 Å². The Hall–Kier alpha value is -1.10. The molecule has 0 saturated heterocycles. The molecule has 0 saturated carbocycles. The van der Waals surface area contributed by atoms with Crippen molar-refractivity contribution in [1.29, 1.82) is 0 Å². The molecule has 0 fully saturated rings. The molecule has 0 aromatic heterocycles. The van der Waals surface area contributed by atoms with Crippen LogP contribution in [0.4, 0.5) is 0 Å². The lowest BCUT2D eigenvalue weighted by molar-refractivity contribution is -0.141. The third kappa shape index (κ3) is 3.89. The van der Waals surface area contributed by atoms with E-state index in [0.717, 1.165) is 0 Å². The van der Waals surface area contributed by atoms with Gasteiger partial charge in [0.15, 0.2) is 0 Å². The van der Waals surface area contributed by atoms with Crippen molar-refractivity contribution in [2.24, 2.45) is 11.7 Å². The number of nitrogens with two attached hydrogens (primary N) is 1. The van der Waals surface area contributed by atoms with Crippen LogP contribution in [0.2, 0.25) is 0 Å². The summed E-state index contributed by atoms with van der Waals surface area (Å²) in [7, 11) is 0. The number of aliphatic carboxylic acids is 1. The Balaban J connectivity index is 4.05. The van der Waals surface area contributed by atoms with E-state index in [1.165, 1.54) is 6.92 Å². The standard InChI is InChI=1S/C8H16N2O3/c1-3-6(4-9)7(11)10-5(2)8(12)13/h5-6H,3-4,9H2,1-2H3,(H,10,11)(H,12,13). The number of carboxylic acid groups (broad SMARTS) is 1. The number of carbonyl (C=O) groups is 2. The van der Waals surface area contributed by atoms with Crippen LogP contribution in [-0.4, -0.2) is 29.6 Å². The van der Waals surface area contributed by atoms with Gasteiger partial charge in [0.25, 0.3) is 0 Å². The summed E-state index contributed by atoms with van der Waals surface area (Å²) in [5.41, 5.74) is 5.33. The lowest BCUT2D eigenvalue weighted by Gasteiger charge is -2.14. The van der Waals surface area contributed by atoms with Crippen LogP contribution in [0.5, 0.6) is 0 Å². The summed E-state index contributed by atoms with van der Waals surface area (Å²) in [5, 5.41) is 10.9. The molecule has 2 atom stereocenters. The van der Waals surface area contributed by atoms with E-state index in [9.17, 15) is 9.59 Å². The molecule has 4 N–H and O–H groups in total. The van der Waals surface area contributed by atoms with E-state index in [2.05, 4.69) is 5.32 Å². The Morgan fingerprint density at radius 2 is 2.08 bits per heavy atom. The largest absolute Gasteiger partial charge is 0.480 e. The maximum Gasteiger partial charge on any atom is 0.325 e. The Kier molecular flexibility index (Phi) is 5.06. The van der Waals surface area contributed by atoms with Crippen molar-refractivity contribution >= 4 is 11.9 Å². The van der Waals surface area contributed by atoms with E-state index in [1.54, 1.807) is 0 Å². The van der Waals surface area contributed by atoms with Crippen LogP contribution in [0, 0.1) is 5.92 Å². The van der Waals surface area contributed by atoms with Gasteiger partial charge in [0.1, 0.15) is 6.04 Å². The fourth-order valence-corrected chi connectivity index (χ4v) is 0.852. The highest BCUT2D eigenvalue weighted by molar-refractivity contribution is 5.84. The number of carboxylic acids is 1. The molecule has 5 heteroatoms. The van der Waals surface area contributed by atoms with Crippen LogP contribution in [0.15, 0.2) is 0 Å². The average Bonchev–Trinajstić information content (AvgIpc) is 2.06. The number of hydrogen-bond acceptors (Lipinski definition) is 3. The zero-order valence-corrected chi connectivity index (χ0v) is 7.91. The molecule has 0 bridgehead atoms. The third-order valence-corrected chi connectivity index (χ3v) is 1.88. The highest BCUT2D eigenvalue weighted by Gasteiger charge is 2.19. The Morgan fingerprint density at radius 1 is 1.54 bits per heavy atom. The first-order valence-electron chi connectivity index (χ1n) is 4.26. The van der Waals surface area contributed by atoms with Gasteiger partial charge < -0.3 is 16.2 Å². The van der Waals surface area contributed by atoms with Crippen LogP contribution in [-0.2, 0) is 9.59 Å². The zero-order chi connectivity index (χ0) is 10.4. The second-order valence-electron chi connectivity index (χ2n) is 2.91. The molecule has 0 spiro atoms. The van der Waals surface area contributed by atoms with Crippen molar-refractivity contribution in [3.8, 4) is 0 Å². The van der Waals surface area contributed by atoms with E-state index < -0.39 is 12.0 Å². The number of carbonyl (C=O) groups excluding carboxylic acids is 1. The highest BCUT2D eigenvalue weighted by atomic mass is 16.4. The highest BCUT2D eigenvalue weighted by Crippen LogP contribution is 2.00. The smallest absolute Gasteiger partial charge is 0.325 e. The van der Waals surface area contributed by atoms with E-state index >= 15 is 0 Å². The molecule has 5 nitrogen and oxygen atoms in total. The van der Waals surface area contributed by atoms with Crippen LogP contribution in [0.1, 0.15) is 20.3 Å². The molecule has 0 radical (unpaired) electrons. The van der Waals surface area contributed by atoms with Gasteiger partial charge in [0.2, 0.25) is 5.91 Å². The minimum Gasteiger partial charge on any atom is -0.480 e. The second kappa shape index (κ2) is 5.53. The summed E-state index contributed by atoms with van der Waals surface area (Å²) >= 11 is 0. The van der Waals surface area contributed by atoms with Crippen LogP contribution in [0.25, 0.3) is 0 Å².